The van der Waals surface area contributed by atoms with E-state index in [4.69, 9.17) is 4.74 Å². The molecule has 0 aromatic heterocycles. The van der Waals surface area contributed by atoms with Crippen LogP contribution in [0.25, 0.3) is 11.1 Å². The molecule has 2 aromatic carbocycles. The third-order valence-corrected chi connectivity index (χ3v) is 3.53. The van der Waals surface area contributed by atoms with Crippen LogP contribution in [0.5, 0.6) is 5.75 Å². The lowest BCUT2D eigenvalue weighted by Crippen LogP contribution is -2.21. The van der Waals surface area contributed by atoms with E-state index in [0.717, 1.165) is 29.7 Å². The van der Waals surface area contributed by atoms with E-state index < -0.39 is 0 Å². The first-order valence-corrected chi connectivity index (χ1v) is 7.78. The minimum absolute atomic E-state index is 0.706. The van der Waals surface area contributed by atoms with Crippen LogP contribution in [-0.4, -0.2) is 19.7 Å². The second kappa shape index (κ2) is 8.08. The highest BCUT2D eigenvalue weighted by Crippen LogP contribution is 2.23. The molecule has 0 spiro atoms. The van der Waals surface area contributed by atoms with Crippen LogP contribution in [0.1, 0.15) is 13.3 Å². The molecule has 0 bridgehead atoms. The largest absolute Gasteiger partial charge is 0.492 e. The monoisotopic (exact) mass is 333 g/mol. The van der Waals surface area contributed by atoms with Gasteiger partial charge >= 0.3 is 0 Å². The van der Waals surface area contributed by atoms with Gasteiger partial charge in [-0.05, 0) is 48.4 Å². The van der Waals surface area contributed by atoms with E-state index in [1.54, 1.807) is 0 Å². The quantitative estimate of drug-likeness (QED) is 0.753. The van der Waals surface area contributed by atoms with Crippen LogP contribution in [0.3, 0.4) is 0 Å². The molecule has 0 atom stereocenters. The van der Waals surface area contributed by atoms with Crippen molar-refractivity contribution in [3.63, 3.8) is 0 Å². The van der Waals surface area contributed by atoms with E-state index in [2.05, 4.69) is 64.6 Å². The number of nitrogens with one attached hydrogen (secondary N) is 1. The van der Waals surface area contributed by atoms with Gasteiger partial charge in [0.15, 0.2) is 0 Å². The van der Waals surface area contributed by atoms with E-state index in [-0.39, 0.29) is 0 Å². The van der Waals surface area contributed by atoms with Gasteiger partial charge in [0.1, 0.15) is 12.4 Å². The van der Waals surface area contributed by atoms with Crippen LogP contribution in [0.15, 0.2) is 53.0 Å². The summed E-state index contributed by atoms with van der Waals surface area (Å²) in [5.41, 5.74) is 2.42. The van der Waals surface area contributed by atoms with Gasteiger partial charge in [0.2, 0.25) is 0 Å². The van der Waals surface area contributed by atoms with Gasteiger partial charge < -0.3 is 10.1 Å². The SMILES string of the molecule is CCCNCCOc1ccc(-c2ccc(Br)cc2)cc1. The number of benzene rings is 2. The Balaban J connectivity index is 1.88. The average Bonchev–Trinajstić information content (AvgIpc) is 2.49. The molecule has 106 valence electrons. The fraction of sp³-hybridized carbons (Fsp3) is 0.294. The molecule has 0 aliphatic carbocycles. The molecule has 0 aliphatic heterocycles. The summed E-state index contributed by atoms with van der Waals surface area (Å²) in [6.07, 6.45) is 1.15. The Morgan fingerprint density at radius 2 is 1.50 bits per heavy atom. The zero-order valence-corrected chi connectivity index (χ0v) is 13.3. The maximum absolute atomic E-state index is 5.69. The Morgan fingerprint density at radius 3 is 2.10 bits per heavy atom. The van der Waals surface area contributed by atoms with Crippen molar-refractivity contribution in [3.05, 3.63) is 53.0 Å². The highest BCUT2D eigenvalue weighted by Gasteiger charge is 1.99. The molecule has 0 unspecified atom stereocenters. The van der Waals surface area contributed by atoms with E-state index in [0.29, 0.717) is 6.61 Å². The summed E-state index contributed by atoms with van der Waals surface area (Å²) in [5.74, 6) is 0.921. The third-order valence-electron chi connectivity index (χ3n) is 3.01. The lowest BCUT2D eigenvalue weighted by Gasteiger charge is -2.08. The van der Waals surface area contributed by atoms with E-state index in [9.17, 15) is 0 Å². The van der Waals surface area contributed by atoms with Gasteiger partial charge in [-0.15, -0.1) is 0 Å². The van der Waals surface area contributed by atoms with Crippen LogP contribution < -0.4 is 10.1 Å². The Hall–Kier alpha value is -1.32. The summed E-state index contributed by atoms with van der Waals surface area (Å²) in [4.78, 5) is 0. The van der Waals surface area contributed by atoms with Crippen LogP contribution in [-0.2, 0) is 0 Å². The van der Waals surface area contributed by atoms with Crippen LogP contribution in [0, 0.1) is 0 Å². The fourth-order valence-electron chi connectivity index (χ4n) is 1.93. The van der Waals surface area contributed by atoms with Gasteiger partial charge in [-0.25, -0.2) is 0 Å². The molecule has 2 aromatic rings. The zero-order chi connectivity index (χ0) is 14.2. The number of halogens is 1. The van der Waals surface area contributed by atoms with Crippen molar-refractivity contribution in [1.29, 1.82) is 0 Å². The summed E-state index contributed by atoms with van der Waals surface area (Å²) in [5, 5.41) is 3.32. The highest BCUT2D eigenvalue weighted by molar-refractivity contribution is 9.10. The number of ether oxygens (including phenoxy) is 1. The Labute approximate surface area is 129 Å². The standard InChI is InChI=1S/C17H20BrNO/c1-2-11-19-12-13-20-17-9-5-15(6-10-17)14-3-7-16(18)8-4-14/h3-10,19H,2,11-13H2,1H3. The van der Waals surface area contributed by atoms with Crippen molar-refractivity contribution < 1.29 is 4.74 Å². The Kier molecular flexibility index (Phi) is 6.09. The highest BCUT2D eigenvalue weighted by atomic mass is 79.9. The van der Waals surface area contributed by atoms with Crippen molar-refractivity contribution in [3.8, 4) is 16.9 Å². The maximum atomic E-state index is 5.69. The molecule has 0 saturated heterocycles. The first-order valence-electron chi connectivity index (χ1n) is 6.99. The molecule has 1 N–H and O–H groups in total. The number of rotatable bonds is 7. The topological polar surface area (TPSA) is 21.3 Å². The molecule has 20 heavy (non-hydrogen) atoms. The smallest absolute Gasteiger partial charge is 0.119 e. The summed E-state index contributed by atoms with van der Waals surface area (Å²) in [7, 11) is 0. The molecular weight excluding hydrogens is 314 g/mol. The third kappa shape index (κ3) is 4.66. The summed E-state index contributed by atoms with van der Waals surface area (Å²) in [6, 6.07) is 16.6. The van der Waals surface area contributed by atoms with Crippen molar-refractivity contribution in [2.24, 2.45) is 0 Å². The molecule has 0 fully saturated rings. The van der Waals surface area contributed by atoms with Gasteiger partial charge in [0, 0.05) is 11.0 Å². The predicted octanol–water partition coefficient (Wildman–Crippen LogP) is 4.49. The van der Waals surface area contributed by atoms with Gasteiger partial charge in [-0.3, -0.25) is 0 Å². The number of hydrogen-bond acceptors (Lipinski definition) is 2. The predicted molar refractivity (Wildman–Crippen MR) is 88.2 cm³/mol. The molecule has 0 aliphatic rings. The maximum Gasteiger partial charge on any atom is 0.119 e. The Morgan fingerprint density at radius 1 is 0.900 bits per heavy atom. The van der Waals surface area contributed by atoms with Crippen molar-refractivity contribution in [1.82, 2.24) is 5.32 Å². The summed E-state index contributed by atoms with van der Waals surface area (Å²) in [6.45, 7) is 4.81. The fourth-order valence-corrected chi connectivity index (χ4v) is 2.19. The van der Waals surface area contributed by atoms with Crippen molar-refractivity contribution in [2.45, 2.75) is 13.3 Å². The van der Waals surface area contributed by atoms with Crippen LogP contribution >= 0.6 is 15.9 Å². The molecule has 2 nitrogen and oxygen atoms in total. The minimum Gasteiger partial charge on any atom is -0.492 e. The lowest BCUT2D eigenvalue weighted by molar-refractivity contribution is 0.314. The summed E-state index contributed by atoms with van der Waals surface area (Å²) >= 11 is 3.45. The van der Waals surface area contributed by atoms with Crippen LogP contribution in [0.2, 0.25) is 0 Å². The van der Waals surface area contributed by atoms with Crippen molar-refractivity contribution in [2.75, 3.05) is 19.7 Å². The molecule has 0 heterocycles. The molecule has 3 heteroatoms. The molecular formula is C17H20BrNO. The van der Waals surface area contributed by atoms with Gasteiger partial charge in [-0.1, -0.05) is 47.1 Å². The molecule has 2 rings (SSSR count). The Bertz CT molecular complexity index is 508. The first kappa shape index (κ1) is 15.1. The minimum atomic E-state index is 0.706. The zero-order valence-electron chi connectivity index (χ0n) is 11.7. The second-order valence-electron chi connectivity index (χ2n) is 4.63. The molecule has 0 amide bonds. The normalized spacial score (nSPS) is 10.5. The van der Waals surface area contributed by atoms with Gasteiger partial charge in [0.05, 0.1) is 0 Å². The van der Waals surface area contributed by atoms with Crippen LogP contribution in [0.4, 0.5) is 0 Å². The van der Waals surface area contributed by atoms with Gasteiger partial charge in [-0.2, -0.15) is 0 Å². The first-order chi connectivity index (χ1) is 9.79. The average molecular weight is 334 g/mol. The lowest BCUT2D eigenvalue weighted by atomic mass is 10.1. The second-order valence-corrected chi connectivity index (χ2v) is 5.55. The van der Waals surface area contributed by atoms with Gasteiger partial charge in [0.25, 0.3) is 0 Å². The molecule has 0 radical (unpaired) electrons. The number of hydrogen-bond donors (Lipinski definition) is 1. The molecule has 0 saturated carbocycles. The van der Waals surface area contributed by atoms with E-state index in [1.807, 2.05) is 12.1 Å². The van der Waals surface area contributed by atoms with E-state index >= 15 is 0 Å². The summed E-state index contributed by atoms with van der Waals surface area (Å²) < 4.78 is 6.79. The van der Waals surface area contributed by atoms with E-state index in [1.165, 1.54) is 11.1 Å². The van der Waals surface area contributed by atoms with Crippen molar-refractivity contribution >= 4 is 15.9 Å².